The van der Waals surface area contributed by atoms with Gasteiger partial charge in [0.2, 0.25) is 0 Å². The molecule has 1 aromatic carbocycles. The first-order chi connectivity index (χ1) is 8.29. The summed E-state index contributed by atoms with van der Waals surface area (Å²) in [5.41, 5.74) is 0.110. The monoisotopic (exact) mass is 257 g/mol. The Morgan fingerprint density at radius 2 is 1.89 bits per heavy atom. The third-order valence-corrected chi connectivity index (χ3v) is 3.60. The summed E-state index contributed by atoms with van der Waals surface area (Å²) < 4.78 is 37.7. The predicted molar refractivity (Wildman–Crippen MR) is 65.1 cm³/mol. The van der Waals surface area contributed by atoms with Gasteiger partial charge >= 0.3 is 6.18 Å². The van der Waals surface area contributed by atoms with Crippen molar-refractivity contribution in [1.82, 2.24) is 5.32 Å². The Morgan fingerprint density at radius 1 is 1.22 bits per heavy atom. The van der Waals surface area contributed by atoms with Crippen molar-refractivity contribution in [2.24, 2.45) is 5.92 Å². The number of alkyl halides is 3. The van der Waals surface area contributed by atoms with Crippen molar-refractivity contribution in [2.75, 3.05) is 0 Å². The zero-order chi connectivity index (χ0) is 13.4. The molecule has 1 aromatic rings. The molecule has 1 aliphatic rings. The lowest BCUT2D eigenvalue weighted by atomic mass is 9.98. The number of hydrogen-bond donors (Lipinski definition) is 1. The van der Waals surface area contributed by atoms with Gasteiger partial charge in [-0.15, -0.1) is 0 Å². The van der Waals surface area contributed by atoms with E-state index in [-0.39, 0.29) is 5.54 Å². The van der Waals surface area contributed by atoms with Crippen LogP contribution < -0.4 is 5.32 Å². The zero-order valence-corrected chi connectivity index (χ0v) is 10.6. The summed E-state index contributed by atoms with van der Waals surface area (Å²) in [4.78, 5) is 0. The normalized spacial score (nSPS) is 16.9. The molecule has 0 bridgehead atoms. The van der Waals surface area contributed by atoms with E-state index in [1.165, 1.54) is 25.0 Å². The van der Waals surface area contributed by atoms with Crippen molar-refractivity contribution in [2.45, 2.75) is 44.9 Å². The third-order valence-electron chi connectivity index (χ3n) is 3.60. The van der Waals surface area contributed by atoms with Gasteiger partial charge in [-0.2, -0.15) is 13.2 Å². The Bertz CT molecular complexity index is 419. The average Bonchev–Trinajstić information content (AvgIpc) is 3.10. The highest BCUT2D eigenvalue weighted by Gasteiger charge is 2.37. The first kappa shape index (κ1) is 13.4. The second-order valence-electron chi connectivity index (χ2n) is 5.55. The van der Waals surface area contributed by atoms with Gasteiger partial charge in [0.15, 0.2) is 0 Å². The van der Waals surface area contributed by atoms with Crippen molar-refractivity contribution >= 4 is 0 Å². The van der Waals surface area contributed by atoms with Gasteiger partial charge in [-0.3, -0.25) is 0 Å². The van der Waals surface area contributed by atoms with Crippen LogP contribution in [0.2, 0.25) is 0 Å². The summed E-state index contributed by atoms with van der Waals surface area (Å²) in [5.74, 6) is 0.656. The number of nitrogens with one attached hydrogen (secondary N) is 1. The second-order valence-corrected chi connectivity index (χ2v) is 5.55. The molecule has 4 heteroatoms. The van der Waals surface area contributed by atoms with E-state index in [1.807, 2.05) is 0 Å². The van der Waals surface area contributed by atoms with E-state index in [0.717, 1.165) is 6.07 Å². The molecule has 1 nitrogen and oxygen atoms in total. The molecule has 100 valence electrons. The van der Waals surface area contributed by atoms with E-state index in [1.54, 1.807) is 6.07 Å². The highest BCUT2D eigenvalue weighted by Crippen LogP contribution is 2.39. The predicted octanol–water partition coefficient (Wildman–Crippen LogP) is 3.98. The minimum Gasteiger partial charge on any atom is -0.307 e. The lowest BCUT2D eigenvalue weighted by Crippen LogP contribution is -2.40. The van der Waals surface area contributed by atoms with Gasteiger partial charge in [-0.05, 0) is 44.2 Å². The Labute approximate surface area is 105 Å². The maximum absolute atomic E-state index is 12.6. The summed E-state index contributed by atoms with van der Waals surface area (Å²) in [6.45, 7) is 4.70. The van der Waals surface area contributed by atoms with Crippen molar-refractivity contribution < 1.29 is 13.2 Å². The summed E-state index contributed by atoms with van der Waals surface area (Å²) in [6, 6.07) is 5.51. The molecule has 1 saturated carbocycles. The van der Waals surface area contributed by atoms with Gasteiger partial charge in [0.1, 0.15) is 0 Å². The first-order valence-corrected chi connectivity index (χ1v) is 6.20. The first-order valence-electron chi connectivity index (χ1n) is 6.20. The topological polar surface area (TPSA) is 12.0 Å². The van der Waals surface area contributed by atoms with Gasteiger partial charge in [0, 0.05) is 12.1 Å². The lowest BCUT2D eigenvalue weighted by Gasteiger charge is -2.26. The van der Waals surface area contributed by atoms with Crippen LogP contribution in [0.25, 0.3) is 0 Å². The largest absolute Gasteiger partial charge is 0.416 e. The summed E-state index contributed by atoms with van der Waals surface area (Å²) in [5, 5.41) is 3.35. The molecule has 1 N–H and O–H groups in total. The van der Waals surface area contributed by atoms with Gasteiger partial charge < -0.3 is 5.32 Å². The Kier molecular flexibility index (Phi) is 3.41. The molecular weight excluding hydrogens is 239 g/mol. The SMILES string of the molecule is CC(C)(NCc1cccc(C(F)(F)F)c1)C1CC1. The smallest absolute Gasteiger partial charge is 0.307 e. The Morgan fingerprint density at radius 3 is 2.44 bits per heavy atom. The van der Waals surface area contributed by atoms with Crippen LogP contribution >= 0.6 is 0 Å². The molecule has 0 unspecified atom stereocenters. The quantitative estimate of drug-likeness (QED) is 0.860. The fraction of sp³-hybridized carbons (Fsp3) is 0.571. The van der Waals surface area contributed by atoms with E-state index >= 15 is 0 Å². The minimum atomic E-state index is -4.26. The minimum absolute atomic E-state index is 0.00817. The van der Waals surface area contributed by atoms with Crippen molar-refractivity contribution in [1.29, 1.82) is 0 Å². The molecule has 2 rings (SSSR count). The number of rotatable bonds is 4. The molecular formula is C14H18F3N. The standard InChI is InChI=1S/C14H18F3N/c1-13(2,11-6-7-11)18-9-10-4-3-5-12(8-10)14(15,16)17/h3-5,8,11,18H,6-7,9H2,1-2H3. The van der Waals surface area contributed by atoms with Crippen LogP contribution in [0.4, 0.5) is 13.2 Å². The molecule has 0 spiro atoms. The fourth-order valence-corrected chi connectivity index (χ4v) is 2.14. The van der Waals surface area contributed by atoms with Crippen LogP contribution in [0.15, 0.2) is 24.3 Å². The summed E-state index contributed by atoms with van der Waals surface area (Å²) >= 11 is 0. The lowest BCUT2D eigenvalue weighted by molar-refractivity contribution is -0.137. The van der Waals surface area contributed by atoms with Gasteiger partial charge in [-0.25, -0.2) is 0 Å². The van der Waals surface area contributed by atoms with E-state index in [9.17, 15) is 13.2 Å². The molecule has 0 heterocycles. The molecule has 0 saturated heterocycles. The average molecular weight is 257 g/mol. The molecule has 0 aromatic heterocycles. The van der Waals surface area contributed by atoms with Crippen LogP contribution in [0.5, 0.6) is 0 Å². The van der Waals surface area contributed by atoms with Crippen molar-refractivity contribution in [3.8, 4) is 0 Å². The Balaban J connectivity index is 2.01. The number of hydrogen-bond acceptors (Lipinski definition) is 1. The van der Waals surface area contributed by atoms with Crippen LogP contribution in [0.3, 0.4) is 0 Å². The second kappa shape index (κ2) is 4.57. The van der Waals surface area contributed by atoms with Crippen molar-refractivity contribution in [3.63, 3.8) is 0 Å². The summed E-state index contributed by atoms with van der Waals surface area (Å²) in [6.07, 6.45) is -1.84. The highest BCUT2D eigenvalue weighted by atomic mass is 19.4. The van der Waals surface area contributed by atoms with Gasteiger partial charge in [0.05, 0.1) is 5.56 Å². The van der Waals surface area contributed by atoms with Crippen LogP contribution in [0.1, 0.15) is 37.8 Å². The van der Waals surface area contributed by atoms with Crippen molar-refractivity contribution in [3.05, 3.63) is 35.4 Å². The molecule has 1 fully saturated rings. The van der Waals surface area contributed by atoms with E-state index in [2.05, 4.69) is 19.2 Å². The molecule has 0 amide bonds. The molecule has 0 aliphatic heterocycles. The zero-order valence-electron chi connectivity index (χ0n) is 10.6. The number of benzene rings is 1. The van der Waals surface area contributed by atoms with Gasteiger partial charge in [0.25, 0.3) is 0 Å². The highest BCUT2D eigenvalue weighted by molar-refractivity contribution is 5.25. The van der Waals surface area contributed by atoms with E-state index < -0.39 is 11.7 Å². The van der Waals surface area contributed by atoms with Gasteiger partial charge in [-0.1, -0.05) is 18.2 Å². The van der Waals surface area contributed by atoms with Crippen LogP contribution in [-0.4, -0.2) is 5.54 Å². The Hall–Kier alpha value is -1.03. The molecule has 18 heavy (non-hydrogen) atoms. The van der Waals surface area contributed by atoms with Crippen LogP contribution in [0, 0.1) is 5.92 Å². The number of halogens is 3. The van der Waals surface area contributed by atoms with E-state index in [0.29, 0.717) is 18.0 Å². The fourth-order valence-electron chi connectivity index (χ4n) is 2.14. The third kappa shape index (κ3) is 3.25. The maximum atomic E-state index is 12.6. The maximum Gasteiger partial charge on any atom is 0.416 e. The molecule has 0 radical (unpaired) electrons. The summed E-state index contributed by atoms with van der Waals surface area (Å²) in [7, 11) is 0. The molecule has 1 aliphatic carbocycles. The van der Waals surface area contributed by atoms with E-state index in [4.69, 9.17) is 0 Å². The van der Waals surface area contributed by atoms with Crippen LogP contribution in [-0.2, 0) is 12.7 Å². The molecule has 0 atom stereocenters.